The van der Waals surface area contributed by atoms with Gasteiger partial charge in [-0.25, -0.2) is 10.4 Å². The van der Waals surface area contributed by atoms with Crippen LogP contribution in [0.1, 0.15) is 11.1 Å². The van der Waals surface area contributed by atoms with Crippen molar-refractivity contribution in [3.05, 3.63) is 94.1 Å². The largest absolute Gasteiger partial charge is 0.342 e. The normalized spacial score (nSPS) is 11.7. The molecule has 0 saturated heterocycles. The van der Waals surface area contributed by atoms with Crippen LogP contribution in [0.2, 0.25) is 10.0 Å². The average Bonchev–Trinajstić information content (AvgIpc) is 3.31. The summed E-state index contributed by atoms with van der Waals surface area (Å²) in [5.74, 6) is 0.601. The molecule has 0 saturated carbocycles. The number of benzene rings is 3. The van der Waals surface area contributed by atoms with Gasteiger partial charge in [-0.15, -0.1) is 0 Å². The van der Waals surface area contributed by atoms with Gasteiger partial charge >= 0.3 is 0 Å². The zero-order valence-electron chi connectivity index (χ0n) is 15.8. The molecule has 0 amide bonds. The topological polar surface area (TPSA) is 58.0 Å². The van der Waals surface area contributed by atoms with Crippen LogP contribution in [-0.2, 0) is 6.54 Å². The maximum absolute atomic E-state index is 6.38. The summed E-state index contributed by atoms with van der Waals surface area (Å²) < 4.78 is 2.16. The predicted octanol–water partition coefficient (Wildman–Crippen LogP) is 6.32. The fourth-order valence-electron chi connectivity index (χ4n) is 3.51. The molecule has 5 rings (SSSR count). The second-order valence-electron chi connectivity index (χ2n) is 6.94. The highest BCUT2D eigenvalue weighted by Crippen LogP contribution is 2.25. The predicted molar refractivity (Wildman–Crippen MR) is 125 cm³/mol. The maximum Gasteiger partial charge on any atom is 0.222 e. The first kappa shape index (κ1) is 18.7. The summed E-state index contributed by atoms with van der Waals surface area (Å²) in [5, 5.41) is 6.78. The highest BCUT2D eigenvalue weighted by Gasteiger charge is 2.09. The molecule has 0 aliphatic rings. The molecule has 0 atom stereocenters. The van der Waals surface area contributed by atoms with Gasteiger partial charge in [-0.05, 0) is 35.9 Å². The average molecular weight is 434 g/mol. The van der Waals surface area contributed by atoms with Crippen molar-refractivity contribution >= 4 is 57.3 Å². The van der Waals surface area contributed by atoms with Gasteiger partial charge in [0.15, 0.2) is 0 Å². The number of halogens is 2. The Labute approximate surface area is 183 Å². The van der Waals surface area contributed by atoms with Gasteiger partial charge in [0.2, 0.25) is 5.95 Å². The van der Waals surface area contributed by atoms with E-state index in [-0.39, 0.29) is 0 Å². The van der Waals surface area contributed by atoms with Gasteiger partial charge in [-0.2, -0.15) is 5.10 Å². The van der Waals surface area contributed by atoms with Crippen LogP contribution in [0.3, 0.4) is 0 Å². The lowest BCUT2D eigenvalue weighted by molar-refractivity contribution is 0.836. The van der Waals surface area contributed by atoms with Crippen molar-refractivity contribution < 1.29 is 0 Å². The van der Waals surface area contributed by atoms with Gasteiger partial charge in [0.05, 0.1) is 17.2 Å². The van der Waals surface area contributed by atoms with E-state index < -0.39 is 0 Å². The van der Waals surface area contributed by atoms with E-state index in [9.17, 15) is 0 Å². The van der Waals surface area contributed by atoms with Crippen LogP contribution < -0.4 is 5.43 Å². The number of H-pyrrole nitrogens is 1. The number of imidazole rings is 1. The molecule has 0 spiro atoms. The Bertz CT molecular complexity index is 1350. The quantitative estimate of drug-likeness (QED) is 0.251. The third-order valence-electron chi connectivity index (χ3n) is 4.94. The molecule has 0 aliphatic heterocycles. The smallest absolute Gasteiger partial charge is 0.222 e. The summed E-state index contributed by atoms with van der Waals surface area (Å²) in [5.41, 5.74) is 7.95. The Morgan fingerprint density at radius 2 is 1.87 bits per heavy atom. The van der Waals surface area contributed by atoms with Crippen LogP contribution in [0.4, 0.5) is 5.95 Å². The third-order valence-corrected chi connectivity index (χ3v) is 5.53. The lowest BCUT2D eigenvalue weighted by Crippen LogP contribution is -1.98. The Morgan fingerprint density at radius 3 is 2.73 bits per heavy atom. The molecule has 0 unspecified atom stereocenters. The van der Waals surface area contributed by atoms with Crippen molar-refractivity contribution in [3.63, 3.8) is 0 Å². The minimum absolute atomic E-state index is 0.601. The van der Waals surface area contributed by atoms with Crippen molar-refractivity contribution in [1.82, 2.24) is 14.5 Å². The van der Waals surface area contributed by atoms with Crippen molar-refractivity contribution in [1.29, 1.82) is 0 Å². The Kier molecular flexibility index (Phi) is 4.91. The van der Waals surface area contributed by atoms with Gasteiger partial charge in [-0.1, -0.05) is 59.6 Å². The number of anilines is 1. The molecule has 5 nitrogen and oxygen atoms in total. The lowest BCUT2D eigenvalue weighted by atomic mass is 10.2. The lowest BCUT2D eigenvalue weighted by Gasteiger charge is -2.08. The minimum Gasteiger partial charge on any atom is -0.342 e. The van der Waals surface area contributed by atoms with Gasteiger partial charge in [0.1, 0.15) is 0 Å². The van der Waals surface area contributed by atoms with Crippen LogP contribution in [0.25, 0.3) is 21.9 Å². The van der Waals surface area contributed by atoms with Crippen LogP contribution >= 0.6 is 23.2 Å². The van der Waals surface area contributed by atoms with E-state index in [2.05, 4.69) is 43.4 Å². The Morgan fingerprint density at radius 1 is 1.03 bits per heavy atom. The molecule has 148 valence electrons. The summed E-state index contributed by atoms with van der Waals surface area (Å²) in [4.78, 5) is 7.67. The second-order valence-corrected chi connectivity index (χ2v) is 7.78. The number of nitrogens with zero attached hydrogens (tertiary/aromatic N) is 3. The molecule has 30 heavy (non-hydrogen) atoms. The monoisotopic (exact) mass is 433 g/mol. The van der Waals surface area contributed by atoms with Gasteiger partial charge in [0, 0.05) is 39.3 Å². The molecule has 5 aromatic rings. The Hall–Kier alpha value is -3.28. The third kappa shape index (κ3) is 3.65. The molecule has 2 N–H and O–H groups in total. The molecule has 0 radical (unpaired) electrons. The number of rotatable bonds is 5. The van der Waals surface area contributed by atoms with E-state index in [4.69, 9.17) is 23.2 Å². The molecule has 3 aromatic carbocycles. The number of hydrazone groups is 1. The van der Waals surface area contributed by atoms with E-state index in [1.807, 2.05) is 48.5 Å². The number of nitrogens with one attached hydrogen (secondary N) is 2. The fraction of sp³-hybridized carbons (Fsp3) is 0.0435. The van der Waals surface area contributed by atoms with Crippen molar-refractivity contribution in [2.24, 2.45) is 5.10 Å². The molecular formula is C23H17Cl2N5. The molecule has 2 heterocycles. The number of aromatic amines is 1. The summed E-state index contributed by atoms with van der Waals surface area (Å²) in [7, 11) is 0. The van der Waals surface area contributed by atoms with E-state index >= 15 is 0 Å². The van der Waals surface area contributed by atoms with Crippen molar-refractivity contribution in [2.75, 3.05) is 5.43 Å². The van der Waals surface area contributed by atoms with E-state index in [0.717, 1.165) is 33.1 Å². The zero-order chi connectivity index (χ0) is 20.5. The molecule has 0 fully saturated rings. The summed E-state index contributed by atoms with van der Waals surface area (Å²) >= 11 is 12.4. The summed E-state index contributed by atoms with van der Waals surface area (Å²) in [6.07, 6.45) is 3.87. The van der Waals surface area contributed by atoms with E-state index in [1.54, 1.807) is 12.3 Å². The summed E-state index contributed by atoms with van der Waals surface area (Å²) in [6.45, 7) is 0.640. The van der Waals surface area contributed by atoms with Gasteiger partial charge in [-0.3, -0.25) is 0 Å². The standard InChI is InChI=1S/C23H17Cl2N5/c24-17-10-9-15(19(25)11-17)13-30-14-16(18-5-1-4-8-22(18)30)12-26-29-23-27-20-6-2-3-7-21(20)28-23/h1-12,14H,13H2,(H2,27,28,29). The Balaban J connectivity index is 1.43. The summed E-state index contributed by atoms with van der Waals surface area (Å²) in [6, 6.07) is 21.6. The van der Waals surface area contributed by atoms with Gasteiger partial charge < -0.3 is 9.55 Å². The first-order valence-corrected chi connectivity index (χ1v) is 10.2. The van der Waals surface area contributed by atoms with Crippen LogP contribution in [-0.4, -0.2) is 20.7 Å². The van der Waals surface area contributed by atoms with Crippen LogP contribution in [0.15, 0.2) is 78.0 Å². The van der Waals surface area contributed by atoms with Crippen molar-refractivity contribution in [2.45, 2.75) is 6.54 Å². The first-order valence-electron chi connectivity index (χ1n) is 9.43. The zero-order valence-corrected chi connectivity index (χ0v) is 17.3. The molecular weight excluding hydrogens is 417 g/mol. The van der Waals surface area contributed by atoms with E-state index in [0.29, 0.717) is 22.5 Å². The van der Waals surface area contributed by atoms with Crippen LogP contribution in [0, 0.1) is 0 Å². The van der Waals surface area contributed by atoms with Gasteiger partial charge in [0.25, 0.3) is 0 Å². The number of para-hydroxylation sites is 3. The second kappa shape index (κ2) is 7.86. The molecule has 2 aromatic heterocycles. The van der Waals surface area contributed by atoms with E-state index in [1.165, 1.54) is 0 Å². The van der Waals surface area contributed by atoms with Crippen molar-refractivity contribution in [3.8, 4) is 0 Å². The first-order chi connectivity index (χ1) is 14.7. The number of fused-ring (bicyclic) bond motifs is 2. The molecule has 0 bridgehead atoms. The number of aromatic nitrogens is 3. The highest BCUT2D eigenvalue weighted by molar-refractivity contribution is 6.35. The SMILES string of the molecule is Clc1ccc(Cn2cc(C=NNc3nc4ccccc4[nH]3)c3ccccc32)c(Cl)c1. The fourth-order valence-corrected chi connectivity index (χ4v) is 3.98. The number of hydrogen-bond acceptors (Lipinski definition) is 3. The molecule has 7 heteroatoms. The molecule has 0 aliphatic carbocycles. The number of hydrogen-bond donors (Lipinski definition) is 2. The maximum atomic E-state index is 6.38. The van der Waals surface area contributed by atoms with Crippen LogP contribution in [0.5, 0.6) is 0 Å². The minimum atomic E-state index is 0.601. The highest BCUT2D eigenvalue weighted by atomic mass is 35.5.